The molecule has 2 atom stereocenters. The predicted molar refractivity (Wildman–Crippen MR) is 66.6 cm³/mol. The van der Waals surface area contributed by atoms with Crippen molar-refractivity contribution in [3.63, 3.8) is 0 Å². The van der Waals surface area contributed by atoms with Crippen LogP contribution in [0.1, 0.15) is 23.3 Å². The van der Waals surface area contributed by atoms with Crippen LogP contribution in [0.3, 0.4) is 0 Å². The molecule has 3 rings (SSSR count). The topological polar surface area (TPSA) is 49.7 Å². The smallest absolute Gasteiger partial charge is 0.427 e. The van der Waals surface area contributed by atoms with E-state index >= 15 is 0 Å². The fraction of sp³-hybridized carbons (Fsp3) is 0.231. The molecular formula is C13H13BO3. The molecule has 17 heavy (non-hydrogen) atoms. The maximum absolute atomic E-state index is 10.2. The average molecular weight is 228 g/mol. The lowest BCUT2D eigenvalue weighted by atomic mass is 9.94. The molecular weight excluding hydrogens is 215 g/mol. The first kappa shape index (κ1) is 10.8. The predicted octanol–water partition coefficient (Wildman–Crippen LogP) is 2.05. The third-order valence-corrected chi connectivity index (χ3v) is 3.22. The Kier molecular flexibility index (Phi) is 2.43. The summed E-state index contributed by atoms with van der Waals surface area (Å²) in [6.45, 7) is 1.55. The molecule has 0 saturated heterocycles. The summed E-state index contributed by atoms with van der Waals surface area (Å²) in [4.78, 5) is 0. The highest BCUT2D eigenvalue weighted by molar-refractivity contribution is 6.40. The highest BCUT2D eigenvalue weighted by Gasteiger charge is 2.34. The van der Waals surface area contributed by atoms with Gasteiger partial charge >= 0.3 is 7.12 Å². The van der Waals surface area contributed by atoms with E-state index in [9.17, 15) is 10.1 Å². The zero-order valence-electron chi connectivity index (χ0n) is 9.50. The first-order valence-corrected chi connectivity index (χ1v) is 5.71. The molecule has 0 amide bonds. The molecule has 86 valence electrons. The average Bonchev–Trinajstić information content (AvgIpc) is 2.57. The third kappa shape index (κ3) is 1.57. The van der Waals surface area contributed by atoms with E-state index in [4.69, 9.17) is 4.65 Å². The number of rotatable bonds is 2. The molecule has 0 fully saturated rings. The highest BCUT2D eigenvalue weighted by atomic mass is 16.5. The zero-order valence-corrected chi connectivity index (χ0v) is 9.50. The molecule has 1 aliphatic rings. The summed E-state index contributed by atoms with van der Waals surface area (Å²) in [7, 11) is -0.890. The maximum atomic E-state index is 10.2. The van der Waals surface area contributed by atoms with E-state index in [2.05, 4.69) is 0 Å². The lowest BCUT2D eigenvalue weighted by molar-refractivity contribution is 0.0302. The third-order valence-electron chi connectivity index (χ3n) is 3.22. The van der Waals surface area contributed by atoms with Gasteiger partial charge in [0.1, 0.15) is 6.10 Å². The Hall–Kier alpha value is -1.36. The Morgan fingerprint density at radius 3 is 2.41 bits per heavy atom. The second-order valence-corrected chi connectivity index (χ2v) is 4.39. The maximum Gasteiger partial charge on any atom is 0.451 e. The summed E-state index contributed by atoms with van der Waals surface area (Å²) < 4.78 is 5.40. The molecule has 0 unspecified atom stereocenters. The minimum atomic E-state index is -0.890. The molecule has 0 aliphatic heterocycles. The van der Waals surface area contributed by atoms with Gasteiger partial charge in [-0.25, -0.2) is 0 Å². The fourth-order valence-electron chi connectivity index (χ4n) is 2.58. The van der Waals surface area contributed by atoms with E-state index in [1.54, 1.807) is 6.82 Å². The van der Waals surface area contributed by atoms with Crippen LogP contribution >= 0.6 is 0 Å². The lowest BCUT2D eigenvalue weighted by Gasteiger charge is -2.18. The molecule has 0 saturated carbocycles. The van der Waals surface area contributed by atoms with Crippen LogP contribution in [0.5, 0.6) is 0 Å². The van der Waals surface area contributed by atoms with Gasteiger partial charge in [0.2, 0.25) is 0 Å². The van der Waals surface area contributed by atoms with Gasteiger partial charge in [0.05, 0.1) is 6.10 Å². The number of aliphatic hydroxyl groups excluding tert-OH is 1. The van der Waals surface area contributed by atoms with Gasteiger partial charge in [0.25, 0.3) is 0 Å². The zero-order chi connectivity index (χ0) is 12.0. The van der Waals surface area contributed by atoms with Gasteiger partial charge in [-0.1, -0.05) is 36.4 Å². The van der Waals surface area contributed by atoms with E-state index in [1.807, 2.05) is 36.4 Å². The molecule has 0 heterocycles. The van der Waals surface area contributed by atoms with E-state index < -0.39 is 19.3 Å². The number of hydrogen-bond donors (Lipinski definition) is 2. The lowest BCUT2D eigenvalue weighted by Crippen LogP contribution is -2.19. The van der Waals surface area contributed by atoms with Gasteiger partial charge in [-0.3, -0.25) is 0 Å². The molecule has 0 spiro atoms. The van der Waals surface area contributed by atoms with E-state index in [0.717, 1.165) is 21.9 Å². The van der Waals surface area contributed by atoms with Crippen molar-refractivity contribution in [3.05, 3.63) is 47.5 Å². The Balaban J connectivity index is 2.20. The molecule has 0 bridgehead atoms. The number of benzene rings is 2. The minimum absolute atomic E-state index is 0.476. The van der Waals surface area contributed by atoms with Crippen LogP contribution in [0.2, 0.25) is 6.82 Å². The quantitative estimate of drug-likeness (QED) is 0.773. The summed E-state index contributed by atoms with van der Waals surface area (Å²) >= 11 is 0. The van der Waals surface area contributed by atoms with Crippen LogP contribution in [-0.2, 0) is 4.65 Å². The van der Waals surface area contributed by atoms with Crippen LogP contribution in [-0.4, -0.2) is 17.2 Å². The van der Waals surface area contributed by atoms with Gasteiger partial charge in [-0.15, -0.1) is 0 Å². The Morgan fingerprint density at radius 2 is 1.76 bits per heavy atom. The second kappa shape index (κ2) is 3.84. The molecule has 1 aliphatic carbocycles. The molecule has 0 aromatic heterocycles. The van der Waals surface area contributed by atoms with Gasteiger partial charge < -0.3 is 14.8 Å². The van der Waals surface area contributed by atoms with Crippen LogP contribution in [0, 0.1) is 0 Å². The second-order valence-electron chi connectivity index (χ2n) is 4.39. The van der Waals surface area contributed by atoms with Gasteiger partial charge in [0.15, 0.2) is 0 Å². The fourth-order valence-corrected chi connectivity index (χ4v) is 2.58. The Labute approximate surface area is 99.8 Å². The summed E-state index contributed by atoms with van der Waals surface area (Å²) in [6, 6.07) is 11.7. The summed E-state index contributed by atoms with van der Waals surface area (Å²) in [5.41, 5.74) is 1.83. The van der Waals surface area contributed by atoms with Gasteiger partial charge in [0, 0.05) is 0 Å². The van der Waals surface area contributed by atoms with Crippen molar-refractivity contribution in [1.29, 1.82) is 0 Å². The van der Waals surface area contributed by atoms with Crippen molar-refractivity contribution in [2.24, 2.45) is 0 Å². The summed E-state index contributed by atoms with van der Waals surface area (Å²) in [5.74, 6) is 0. The van der Waals surface area contributed by atoms with Crippen molar-refractivity contribution in [2.45, 2.75) is 19.0 Å². The Morgan fingerprint density at radius 1 is 1.12 bits per heavy atom. The standard InChI is InChI=1S/C13H13BO3/c1-14(16)17-13-10-7-3-5-8-4-2-6-9(11(8)10)12(13)15/h2-7,12-13,15-16H,1H3/t12-,13+/m1/s1. The number of aliphatic hydroxyl groups is 1. The SMILES string of the molecule is CB(O)O[C@H]1c2cccc3cccc(c23)[C@H]1O. The van der Waals surface area contributed by atoms with E-state index in [-0.39, 0.29) is 0 Å². The minimum Gasteiger partial charge on any atom is -0.427 e. The molecule has 2 aromatic carbocycles. The van der Waals surface area contributed by atoms with Crippen molar-refractivity contribution in [2.75, 3.05) is 0 Å². The molecule has 0 radical (unpaired) electrons. The van der Waals surface area contributed by atoms with Crippen molar-refractivity contribution in [1.82, 2.24) is 0 Å². The summed E-state index contributed by atoms with van der Waals surface area (Å²) in [6.07, 6.45) is -1.18. The van der Waals surface area contributed by atoms with Crippen molar-refractivity contribution < 1.29 is 14.8 Å². The Bertz CT molecular complexity index is 562. The molecule has 4 heteroatoms. The summed E-state index contributed by atoms with van der Waals surface area (Å²) in [5, 5.41) is 21.7. The molecule has 3 nitrogen and oxygen atoms in total. The van der Waals surface area contributed by atoms with Gasteiger partial charge in [-0.2, -0.15) is 0 Å². The monoisotopic (exact) mass is 228 g/mol. The van der Waals surface area contributed by atoms with Crippen LogP contribution in [0.4, 0.5) is 0 Å². The van der Waals surface area contributed by atoms with E-state index in [0.29, 0.717) is 0 Å². The van der Waals surface area contributed by atoms with Crippen LogP contribution in [0.15, 0.2) is 36.4 Å². The normalized spacial score (nSPS) is 22.1. The van der Waals surface area contributed by atoms with Crippen molar-refractivity contribution in [3.8, 4) is 0 Å². The number of hydrogen-bond acceptors (Lipinski definition) is 3. The first-order chi connectivity index (χ1) is 8.18. The van der Waals surface area contributed by atoms with Crippen LogP contribution in [0.25, 0.3) is 10.8 Å². The van der Waals surface area contributed by atoms with Crippen molar-refractivity contribution >= 4 is 17.9 Å². The largest absolute Gasteiger partial charge is 0.451 e. The molecule has 2 aromatic rings. The van der Waals surface area contributed by atoms with Crippen LogP contribution < -0.4 is 0 Å². The van der Waals surface area contributed by atoms with E-state index in [1.165, 1.54) is 0 Å². The van der Waals surface area contributed by atoms with Gasteiger partial charge in [-0.05, 0) is 28.7 Å². The highest BCUT2D eigenvalue weighted by Crippen LogP contribution is 2.45. The molecule has 2 N–H and O–H groups in total. The first-order valence-electron chi connectivity index (χ1n) is 5.71.